The van der Waals surface area contributed by atoms with Crippen molar-refractivity contribution in [2.45, 2.75) is 139 Å². The maximum Gasteiger partial charge on any atom is 0.326 e. The number of nitrogens with zero attached hydrogens (tertiary/aromatic N) is 2. The average Bonchev–Trinajstić information content (AvgIpc) is 4.04. The molecule has 11 atom stereocenters. The van der Waals surface area contributed by atoms with Gasteiger partial charge in [0.25, 0.3) is 0 Å². The van der Waals surface area contributed by atoms with Gasteiger partial charge < -0.3 is 107 Å². The van der Waals surface area contributed by atoms with Gasteiger partial charge in [0.15, 0.2) is 11.9 Å². The van der Waals surface area contributed by atoms with E-state index in [1.54, 1.807) is 6.20 Å². The summed E-state index contributed by atoms with van der Waals surface area (Å²) in [5.74, 6) is -11.7. The van der Waals surface area contributed by atoms with Crippen LogP contribution in [0, 0.1) is 0 Å². The number of nitrogens with two attached hydrogens (primary N) is 6. The zero-order valence-electron chi connectivity index (χ0n) is 46.0. The Morgan fingerprint density at radius 1 is 0.554 bits per heavy atom. The Balaban J connectivity index is 1.84. The summed E-state index contributed by atoms with van der Waals surface area (Å²) in [5, 5.41) is 71.0. The number of aromatic nitrogens is 1. The molecule has 32 heteroatoms. The Bertz CT molecular complexity index is 2780. The first-order valence-corrected chi connectivity index (χ1v) is 26.2. The summed E-state index contributed by atoms with van der Waals surface area (Å²) in [4.78, 5) is 144. The molecule has 0 aliphatic heterocycles. The fourth-order valence-corrected chi connectivity index (χ4v) is 8.06. The van der Waals surface area contributed by atoms with Crippen molar-refractivity contribution in [3.8, 4) is 5.75 Å². The number of aliphatic carboxylic acids is 1. The highest BCUT2D eigenvalue weighted by Crippen LogP contribution is 2.19. The molecule has 0 radical (unpaired) electrons. The van der Waals surface area contributed by atoms with Crippen LogP contribution in [0.5, 0.6) is 5.75 Å². The Hall–Kier alpha value is -9.14. The molecule has 0 fully saturated rings. The van der Waals surface area contributed by atoms with E-state index in [0.29, 0.717) is 5.56 Å². The summed E-state index contributed by atoms with van der Waals surface area (Å²) in [5.41, 5.74) is 34.9. The first-order valence-electron chi connectivity index (χ1n) is 26.2. The predicted octanol–water partition coefficient (Wildman–Crippen LogP) is -6.90. The number of aliphatic imine (C=N–C) groups is 2. The van der Waals surface area contributed by atoms with Gasteiger partial charge in [-0.25, -0.2) is 4.79 Å². The van der Waals surface area contributed by atoms with Crippen LogP contribution in [0.25, 0.3) is 10.9 Å². The van der Waals surface area contributed by atoms with Gasteiger partial charge in [-0.15, -0.1) is 0 Å². The Labute approximate surface area is 476 Å². The molecule has 0 bridgehead atoms. The number of hydrogen-bond acceptors (Lipinski definition) is 17. The highest BCUT2D eigenvalue weighted by atomic mass is 16.4. The quantitative estimate of drug-likeness (QED) is 0.0148. The number of para-hydroxylation sites is 1. The molecule has 26 N–H and O–H groups in total. The summed E-state index contributed by atoms with van der Waals surface area (Å²) in [7, 11) is 0. The number of nitrogens with one attached hydrogen (secondary N) is 9. The van der Waals surface area contributed by atoms with E-state index in [-0.39, 0.29) is 62.9 Å². The van der Waals surface area contributed by atoms with Gasteiger partial charge in [0, 0.05) is 43.0 Å². The molecule has 1 aromatic heterocycles. The van der Waals surface area contributed by atoms with E-state index in [0.717, 1.165) is 30.3 Å². The van der Waals surface area contributed by atoms with Crippen LogP contribution < -0.4 is 76.9 Å². The number of guanidine groups is 2. The maximum absolute atomic E-state index is 14.3. The number of benzene rings is 2. The van der Waals surface area contributed by atoms with Gasteiger partial charge >= 0.3 is 5.97 Å². The number of hydrogen-bond donors (Lipinski definition) is 20. The van der Waals surface area contributed by atoms with Crippen molar-refractivity contribution in [2.75, 3.05) is 19.7 Å². The van der Waals surface area contributed by atoms with Crippen molar-refractivity contribution in [2.24, 2.45) is 44.4 Å². The van der Waals surface area contributed by atoms with Crippen molar-refractivity contribution in [3.63, 3.8) is 0 Å². The van der Waals surface area contributed by atoms with Crippen LogP contribution in [0.4, 0.5) is 0 Å². The number of carboxylic acids is 1. The number of amides is 9. The number of primary amides is 1. The van der Waals surface area contributed by atoms with Gasteiger partial charge in [-0.1, -0.05) is 30.3 Å². The lowest BCUT2D eigenvalue weighted by Crippen LogP contribution is -2.63. The van der Waals surface area contributed by atoms with Crippen LogP contribution in [-0.2, 0) is 60.8 Å². The zero-order chi connectivity index (χ0) is 62.1. The number of carboxylic acid groups (broad SMARTS) is 1. The van der Waals surface area contributed by atoms with Gasteiger partial charge in [-0.3, -0.25) is 53.1 Å². The van der Waals surface area contributed by atoms with Gasteiger partial charge in [0.2, 0.25) is 53.2 Å². The largest absolute Gasteiger partial charge is 0.508 e. The van der Waals surface area contributed by atoms with Gasteiger partial charge in [-0.05, 0) is 88.6 Å². The fraction of sp³-hybridized carbons (Fsp3) is 0.490. The minimum Gasteiger partial charge on any atom is -0.508 e. The number of phenols is 1. The Morgan fingerprint density at radius 3 is 1.55 bits per heavy atom. The number of aliphatic hydroxyl groups is 3. The third-order valence-corrected chi connectivity index (χ3v) is 12.6. The van der Waals surface area contributed by atoms with Crippen molar-refractivity contribution < 1.29 is 73.5 Å². The second-order valence-electron chi connectivity index (χ2n) is 19.5. The van der Waals surface area contributed by atoms with E-state index in [2.05, 4.69) is 57.5 Å². The van der Waals surface area contributed by atoms with Gasteiger partial charge in [-0.2, -0.15) is 0 Å². The molecule has 0 saturated carbocycles. The number of fused-ring (bicyclic) bond motifs is 1. The molecule has 2 aromatic carbocycles. The third-order valence-electron chi connectivity index (χ3n) is 12.6. The topological polar surface area (TPSA) is 565 Å². The highest BCUT2D eigenvalue weighted by Gasteiger charge is 2.37. The molecule has 0 spiro atoms. The second-order valence-corrected chi connectivity index (χ2v) is 19.5. The van der Waals surface area contributed by atoms with Crippen LogP contribution in [0.2, 0.25) is 0 Å². The van der Waals surface area contributed by atoms with Gasteiger partial charge in [0.1, 0.15) is 54.1 Å². The molecule has 0 aliphatic carbocycles. The number of aliphatic hydroxyl groups excluding tert-OH is 3. The maximum atomic E-state index is 14.3. The molecule has 0 aliphatic rings. The van der Waals surface area contributed by atoms with Crippen LogP contribution in [-0.4, -0.2) is 188 Å². The second kappa shape index (κ2) is 33.6. The lowest BCUT2D eigenvalue weighted by Gasteiger charge is -2.29. The summed E-state index contributed by atoms with van der Waals surface area (Å²) in [6, 6.07) is -1.84. The molecule has 0 saturated heterocycles. The highest BCUT2D eigenvalue weighted by molar-refractivity contribution is 5.99. The number of aromatic amines is 1. The first-order chi connectivity index (χ1) is 39.1. The summed E-state index contributed by atoms with van der Waals surface area (Å²) >= 11 is 0. The van der Waals surface area contributed by atoms with E-state index in [1.165, 1.54) is 31.2 Å². The van der Waals surface area contributed by atoms with E-state index >= 15 is 0 Å². The monoisotopic (exact) mass is 1170 g/mol. The smallest absolute Gasteiger partial charge is 0.326 e. The molecule has 3 aromatic rings. The van der Waals surface area contributed by atoms with Crippen LogP contribution in [0.3, 0.4) is 0 Å². The van der Waals surface area contributed by atoms with Crippen molar-refractivity contribution in [3.05, 3.63) is 65.9 Å². The van der Waals surface area contributed by atoms with Crippen molar-refractivity contribution in [1.82, 2.24) is 47.5 Å². The van der Waals surface area contributed by atoms with E-state index < -0.39 is 152 Å². The molecule has 32 nitrogen and oxygen atoms in total. The zero-order valence-corrected chi connectivity index (χ0v) is 46.0. The third kappa shape index (κ3) is 23.1. The number of rotatable bonds is 35. The molecule has 456 valence electrons. The molecular weight excluding hydrogens is 1090 g/mol. The first kappa shape index (κ1) is 68.1. The molecule has 1 heterocycles. The standard InChI is InChI=1S/C51H77N17O15/c1-24(61-42(75)31(52)21-28-22-60-32-9-5-4-8-30(28)32)41(74)62-33(10-6-18-58-50(54)55)44(77)67-40(26(3)71)48(81)65-36(20-27-12-14-29(72)15-13-27)45(78)68-39(25(2)70)47(80)63-34(16-17-38(53)73)43(76)66-37(23-69)46(79)64-35(49(82)83)11-7-19-59-51(56)57/h4-5,8-9,12-15,22,24-26,31,33-37,39-40,60,69-72H,6-7,10-11,16-21,23,52H2,1-3H3,(H2,53,73)(H,61,75)(H,62,74)(H,63,80)(H,64,79)(H,65,81)(H,66,76)(H,67,77)(H,68,78)(H,82,83)(H4,54,55,58)(H4,56,57,59)/t24-,25+,26+,31-,33-,34-,35-,36-,37-,39-,40-/m0/s1. The minimum atomic E-state index is -1.96. The fourth-order valence-electron chi connectivity index (χ4n) is 8.06. The van der Waals surface area contributed by atoms with Crippen molar-refractivity contribution in [1.29, 1.82) is 0 Å². The molecule has 3 rings (SSSR count). The van der Waals surface area contributed by atoms with E-state index in [9.17, 15) is 73.5 Å². The molecular formula is C51H77N17O15. The molecule has 0 unspecified atom stereocenters. The van der Waals surface area contributed by atoms with Crippen LogP contribution in [0.1, 0.15) is 70.4 Å². The van der Waals surface area contributed by atoms with E-state index in [4.69, 9.17) is 34.4 Å². The summed E-state index contributed by atoms with van der Waals surface area (Å²) in [6.07, 6.45) is -3.30. The van der Waals surface area contributed by atoms with Gasteiger partial charge in [0.05, 0.1) is 24.9 Å². The molecule has 9 amide bonds. The Kier molecular flexibility index (Phi) is 27.6. The normalized spacial score (nSPS) is 15.0. The number of H-pyrrole nitrogens is 1. The Morgan fingerprint density at radius 2 is 1.02 bits per heavy atom. The van der Waals surface area contributed by atoms with Crippen molar-refractivity contribution >= 4 is 82.0 Å². The minimum absolute atomic E-state index is 0.0113. The van der Waals surface area contributed by atoms with Crippen LogP contribution in [0.15, 0.2) is 64.7 Å². The summed E-state index contributed by atoms with van der Waals surface area (Å²) < 4.78 is 0. The number of carbonyl (C=O) groups excluding carboxylic acids is 9. The lowest BCUT2D eigenvalue weighted by molar-refractivity contribution is -0.143. The SMILES string of the molecule is C[C@H](NC(=O)[C@@H](N)Cc1c[nH]c2ccccc12)C(=O)N[C@@H](CCCN=C(N)N)C(=O)N[C@H](C(=O)N[C@@H](Cc1ccc(O)cc1)C(=O)N[C@H](C(=O)N[C@@H](CCC(N)=O)C(=O)N[C@@H](CO)C(=O)N[C@@H](CCCN=C(N)N)C(=O)O)[C@@H](C)O)[C@@H](C)O. The summed E-state index contributed by atoms with van der Waals surface area (Å²) in [6.45, 7) is 2.46. The van der Waals surface area contributed by atoms with E-state index in [1.807, 2.05) is 24.3 Å². The number of carbonyl (C=O) groups is 10. The average molecular weight is 1170 g/mol. The predicted molar refractivity (Wildman–Crippen MR) is 299 cm³/mol. The number of phenolic OH excluding ortho intramolecular Hbond substituents is 1. The molecule has 83 heavy (non-hydrogen) atoms. The van der Waals surface area contributed by atoms with Crippen LogP contribution >= 0.6 is 0 Å². The number of aromatic hydroxyl groups is 1. The lowest BCUT2D eigenvalue weighted by atomic mass is 10.0.